The normalized spacial score (nSPS) is 17.1. The van der Waals surface area contributed by atoms with Crippen LogP contribution in [0.15, 0.2) is 46.7 Å². The number of morpholine rings is 1. The van der Waals surface area contributed by atoms with E-state index in [0.29, 0.717) is 26.3 Å². The smallest absolute Gasteiger partial charge is 0.289 e. The quantitative estimate of drug-likeness (QED) is 0.566. The van der Waals surface area contributed by atoms with E-state index in [2.05, 4.69) is 9.62 Å². The monoisotopic (exact) mass is 397 g/mol. The van der Waals surface area contributed by atoms with Crippen LogP contribution in [0.1, 0.15) is 10.9 Å². The number of hydrogen-bond acceptors (Lipinski definition) is 7. The van der Waals surface area contributed by atoms with Crippen molar-refractivity contribution >= 4 is 27.0 Å². The van der Waals surface area contributed by atoms with Crippen molar-refractivity contribution in [2.24, 2.45) is 0 Å². The average molecular weight is 397 g/mol. The van der Waals surface area contributed by atoms with E-state index in [-0.39, 0.29) is 17.5 Å². The van der Waals surface area contributed by atoms with Crippen LogP contribution in [-0.2, 0) is 14.8 Å². The molecule has 1 fully saturated rings. The summed E-state index contributed by atoms with van der Waals surface area (Å²) in [5.41, 5.74) is -0.431. The molecule has 1 saturated heterocycles. The number of nitro groups is 1. The molecule has 0 unspecified atom stereocenters. The first kappa shape index (κ1) is 18.9. The Kier molecular flexibility index (Phi) is 5.99. The molecule has 1 aromatic carbocycles. The lowest BCUT2D eigenvalue weighted by molar-refractivity contribution is -0.387. The first-order chi connectivity index (χ1) is 12.5. The molecule has 2 heterocycles. The SMILES string of the molecule is O=[N+]([O-])c1ccccc1S(=O)(=O)NC[C@@H](c1cccs1)N1CCOCC1. The maximum Gasteiger partial charge on any atom is 0.289 e. The first-order valence-electron chi connectivity index (χ1n) is 8.07. The van der Waals surface area contributed by atoms with Crippen LogP contribution in [0.5, 0.6) is 0 Å². The average Bonchev–Trinajstić information content (AvgIpc) is 3.17. The third kappa shape index (κ3) is 4.27. The summed E-state index contributed by atoms with van der Waals surface area (Å²) in [6, 6.07) is 9.09. The molecule has 0 radical (unpaired) electrons. The van der Waals surface area contributed by atoms with Crippen LogP contribution in [0.4, 0.5) is 5.69 Å². The Labute approximate surface area is 155 Å². The van der Waals surface area contributed by atoms with E-state index in [9.17, 15) is 18.5 Å². The van der Waals surface area contributed by atoms with Crippen molar-refractivity contribution in [3.63, 3.8) is 0 Å². The Bertz CT molecular complexity index is 849. The van der Waals surface area contributed by atoms with Crippen LogP contribution < -0.4 is 4.72 Å². The number of nitrogens with zero attached hydrogens (tertiary/aromatic N) is 2. The van der Waals surface area contributed by atoms with Gasteiger partial charge in [-0.3, -0.25) is 15.0 Å². The highest BCUT2D eigenvalue weighted by atomic mass is 32.2. The van der Waals surface area contributed by atoms with E-state index in [4.69, 9.17) is 4.74 Å². The summed E-state index contributed by atoms with van der Waals surface area (Å²) >= 11 is 1.55. The lowest BCUT2D eigenvalue weighted by atomic mass is 10.2. The highest BCUT2D eigenvalue weighted by molar-refractivity contribution is 7.89. The molecule has 0 bridgehead atoms. The van der Waals surface area contributed by atoms with Crippen molar-refractivity contribution < 1.29 is 18.1 Å². The van der Waals surface area contributed by atoms with Gasteiger partial charge in [-0.05, 0) is 17.5 Å². The van der Waals surface area contributed by atoms with Gasteiger partial charge in [0.15, 0.2) is 4.90 Å². The predicted octanol–water partition coefficient (Wildman–Crippen LogP) is 2.01. The van der Waals surface area contributed by atoms with Crippen molar-refractivity contribution in [3.05, 3.63) is 56.8 Å². The number of sulfonamides is 1. The van der Waals surface area contributed by atoms with Crippen molar-refractivity contribution in [1.82, 2.24) is 9.62 Å². The van der Waals surface area contributed by atoms with Gasteiger partial charge in [0.2, 0.25) is 10.0 Å². The largest absolute Gasteiger partial charge is 0.379 e. The van der Waals surface area contributed by atoms with Gasteiger partial charge in [-0.2, -0.15) is 0 Å². The molecule has 140 valence electrons. The molecule has 8 nitrogen and oxygen atoms in total. The molecule has 26 heavy (non-hydrogen) atoms. The topological polar surface area (TPSA) is 102 Å². The second-order valence-corrected chi connectivity index (χ2v) is 8.47. The molecule has 1 aromatic heterocycles. The lowest BCUT2D eigenvalue weighted by Crippen LogP contribution is -2.43. The third-order valence-electron chi connectivity index (χ3n) is 4.18. The fraction of sp³-hybridized carbons (Fsp3) is 0.375. The van der Waals surface area contributed by atoms with Gasteiger partial charge in [0, 0.05) is 30.6 Å². The Hall–Kier alpha value is -1.85. The van der Waals surface area contributed by atoms with Crippen molar-refractivity contribution in [2.75, 3.05) is 32.8 Å². The minimum atomic E-state index is -4.01. The molecular formula is C16H19N3O5S2. The molecule has 1 atom stereocenters. The van der Waals surface area contributed by atoms with Gasteiger partial charge in [0.25, 0.3) is 5.69 Å². The maximum atomic E-state index is 12.7. The van der Waals surface area contributed by atoms with Crippen LogP contribution in [-0.4, -0.2) is 51.1 Å². The first-order valence-corrected chi connectivity index (χ1v) is 10.4. The van der Waals surface area contributed by atoms with Crippen molar-refractivity contribution in [2.45, 2.75) is 10.9 Å². The maximum absolute atomic E-state index is 12.7. The number of para-hydroxylation sites is 1. The van der Waals surface area contributed by atoms with Gasteiger partial charge in [0.05, 0.1) is 24.2 Å². The number of hydrogen-bond donors (Lipinski definition) is 1. The molecular weight excluding hydrogens is 378 g/mol. The Morgan fingerprint density at radius 2 is 1.96 bits per heavy atom. The molecule has 0 spiro atoms. The predicted molar refractivity (Wildman–Crippen MR) is 97.7 cm³/mol. The molecule has 0 saturated carbocycles. The van der Waals surface area contributed by atoms with Crippen molar-refractivity contribution in [3.8, 4) is 0 Å². The van der Waals surface area contributed by atoms with Gasteiger partial charge < -0.3 is 4.74 Å². The fourth-order valence-electron chi connectivity index (χ4n) is 2.88. The Morgan fingerprint density at radius 3 is 2.62 bits per heavy atom. The molecule has 10 heteroatoms. The van der Waals surface area contributed by atoms with E-state index in [1.807, 2.05) is 17.5 Å². The molecule has 0 amide bonds. The summed E-state index contributed by atoms with van der Waals surface area (Å²) in [5, 5.41) is 13.1. The summed E-state index contributed by atoms with van der Waals surface area (Å²) in [6.45, 7) is 2.73. The van der Waals surface area contributed by atoms with Gasteiger partial charge >= 0.3 is 0 Å². The summed E-state index contributed by atoms with van der Waals surface area (Å²) in [5.74, 6) is 0. The molecule has 3 rings (SSSR count). The van der Waals surface area contributed by atoms with E-state index in [0.717, 1.165) is 4.88 Å². The minimum absolute atomic E-state index is 0.134. The number of nitrogens with one attached hydrogen (secondary N) is 1. The molecule has 1 aliphatic rings. The van der Waals surface area contributed by atoms with Gasteiger partial charge in [-0.25, -0.2) is 13.1 Å². The Balaban J connectivity index is 1.81. The van der Waals surface area contributed by atoms with Gasteiger partial charge in [0.1, 0.15) is 0 Å². The van der Waals surface area contributed by atoms with Gasteiger partial charge in [-0.1, -0.05) is 18.2 Å². The second-order valence-electron chi connectivity index (χ2n) is 5.76. The molecule has 1 N–H and O–H groups in total. The Morgan fingerprint density at radius 1 is 1.23 bits per heavy atom. The van der Waals surface area contributed by atoms with Crippen LogP contribution in [0.2, 0.25) is 0 Å². The number of benzene rings is 1. The number of nitro benzene ring substituents is 1. The zero-order valence-corrected chi connectivity index (χ0v) is 15.5. The number of thiophene rings is 1. The van der Waals surface area contributed by atoms with Crippen molar-refractivity contribution in [1.29, 1.82) is 0 Å². The standard InChI is InChI=1S/C16H19N3O5S2/c20-19(21)13-4-1-2-6-16(13)26(22,23)17-12-14(15-5-3-11-25-15)18-7-9-24-10-8-18/h1-6,11,14,17H,7-10,12H2/t14-/m0/s1. The minimum Gasteiger partial charge on any atom is -0.379 e. The third-order valence-corrected chi connectivity index (χ3v) is 6.62. The van der Waals surface area contributed by atoms with Crippen LogP contribution in [0, 0.1) is 10.1 Å². The van der Waals surface area contributed by atoms with Crippen LogP contribution in [0.25, 0.3) is 0 Å². The van der Waals surface area contributed by atoms with E-state index in [1.165, 1.54) is 24.3 Å². The van der Waals surface area contributed by atoms with Crippen LogP contribution >= 0.6 is 11.3 Å². The highest BCUT2D eigenvalue weighted by Gasteiger charge is 2.29. The summed E-state index contributed by atoms with van der Waals surface area (Å²) in [4.78, 5) is 13.3. The summed E-state index contributed by atoms with van der Waals surface area (Å²) < 4.78 is 33.2. The zero-order chi connectivity index (χ0) is 18.6. The zero-order valence-electron chi connectivity index (χ0n) is 13.9. The number of rotatable bonds is 7. The number of ether oxygens (including phenoxy) is 1. The molecule has 0 aliphatic carbocycles. The fourth-order valence-corrected chi connectivity index (χ4v) is 4.95. The molecule has 2 aromatic rings. The highest BCUT2D eigenvalue weighted by Crippen LogP contribution is 2.27. The lowest BCUT2D eigenvalue weighted by Gasteiger charge is -2.34. The van der Waals surface area contributed by atoms with E-state index >= 15 is 0 Å². The van der Waals surface area contributed by atoms with Gasteiger partial charge in [-0.15, -0.1) is 11.3 Å². The van der Waals surface area contributed by atoms with E-state index in [1.54, 1.807) is 11.3 Å². The van der Waals surface area contributed by atoms with Crippen LogP contribution in [0.3, 0.4) is 0 Å². The van der Waals surface area contributed by atoms with E-state index < -0.39 is 20.6 Å². The second kappa shape index (κ2) is 8.23. The summed E-state index contributed by atoms with van der Waals surface area (Å²) in [6.07, 6.45) is 0. The summed E-state index contributed by atoms with van der Waals surface area (Å²) in [7, 11) is -4.01. The molecule has 1 aliphatic heterocycles.